The van der Waals surface area contributed by atoms with Gasteiger partial charge >= 0.3 is 0 Å². The number of amidine groups is 1. The predicted octanol–water partition coefficient (Wildman–Crippen LogP) is 2.50. The minimum Gasteiger partial charge on any atom is -0.362 e. The highest BCUT2D eigenvalue weighted by molar-refractivity contribution is 8.14. The summed E-state index contributed by atoms with van der Waals surface area (Å²) in [6.07, 6.45) is 2.66. The summed E-state index contributed by atoms with van der Waals surface area (Å²) >= 11 is 1.90. The Labute approximate surface area is 90.9 Å². The van der Waals surface area contributed by atoms with E-state index in [1.54, 1.807) is 0 Å². The molecule has 1 aliphatic carbocycles. The van der Waals surface area contributed by atoms with Crippen LogP contribution in [0.3, 0.4) is 0 Å². The molecule has 0 aromatic heterocycles. The van der Waals surface area contributed by atoms with Crippen LogP contribution in [0, 0.1) is 11.8 Å². The van der Waals surface area contributed by atoms with E-state index in [4.69, 9.17) is 4.99 Å². The molecule has 2 nitrogen and oxygen atoms in total. The quantitative estimate of drug-likeness (QED) is 0.777. The predicted molar refractivity (Wildman–Crippen MR) is 63.8 cm³/mol. The van der Waals surface area contributed by atoms with E-state index in [0.29, 0.717) is 12.0 Å². The van der Waals surface area contributed by atoms with Gasteiger partial charge in [0, 0.05) is 11.8 Å². The number of nitrogens with one attached hydrogen (secondary N) is 1. The molecule has 80 valence electrons. The van der Waals surface area contributed by atoms with Gasteiger partial charge in [-0.2, -0.15) is 0 Å². The molecule has 1 N–H and O–H groups in total. The van der Waals surface area contributed by atoms with Crippen molar-refractivity contribution in [3.05, 3.63) is 0 Å². The molecule has 0 saturated heterocycles. The van der Waals surface area contributed by atoms with Gasteiger partial charge in [-0.05, 0) is 18.3 Å². The van der Waals surface area contributed by atoms with Crippen LogP contribution in [-0.2, 0) is 0 Å². The minimum atomic E-state index is 0.543. The van der Waals surface area contributed by atoms with Crippen molar-refractivity contribution in [2.24, 2.45) is 16.8 Å². The molecule has 1 saturated carbocycles. The second-order valence-electron chi connectivity index (χ2n) is 4.71. The fourth-order valence-electron chi connectivity index (χ4n) is 1.84. The molecule has 0 spiro atoms. The molecular formula is C11H20N2S. The minimum absolute atomic E-state index is 0.543. The second-order valence-corrected chi connectivity index (χ2v) is 5.72. The highest BCUT2D eigenvalue weighted by atomic mass is 32.2. The van der Waals surface area contributed by atoms with Crippen LogP contribution in [0.4, 0.5) is 0 Å². The number of thioether (sulfide) groups is 1. The molecule has 2 rings (SSSR count). The van der Waals surface area contributed by atoms with Crippen molar-refractivity contribution in [3.63, 3.8) is 0 Å². The third kappa shape index (κ3) is 2.25. The first-order chi connectivity index (χ1) is 6.70. The van der Waals surface area contributed by atoms with Gasteiger partial charge in [0.25, 0.3) is 0 Å². The van der Waals surface area contributed by atoms with Gasteiger partial charge in [-0.15, -0.1) is 0 Å². The maximum atomic E-state index is 4.70. The van der Waals surface area contributed by atoms with Crippen LogP contribution < -0.4 is 5.32 Å². The first-order valence-corrected chi connectivity index (χ1v) is 6.66. The van der Waals surface area contributed by atoms with Crippen LogP contribution in [0.5, 0.6) is 0 Å². The Balaban J connectivity index is 1.80. The average molecular weight is 212 g/mol. The first-order valence-electron chi connectivity index (χ1n) is 5.67. The summed E-state index contributed by atoms with van der Waals surface area (Å²) in [5.41, 5.74) is 0. The van der Waals surface area contributed by atoms with Gasteiger partial charge in [-0.25, -0.2) is 0 Å². The lowest BCUT2D eigenvalue weighted by atomic mass is 10.1. The molecule has 0 radical (unpaired) electrons. The standard InChI is InChI=1S/C11H20N2S/c1-4-8-5-9(8)12-11-13-10(6-14-11)7(2)3/h7-10H,4-6H2,1-3H3,(H,12,13). The second kappa shape index (κ2) is 4.13. The molecule has 0 bridgehead atoms. The van der Waals surface area contributed by atoms with Crippen LogP contribution >= 0.6 is 11.8 Å². The summed E-state index contributed by atoms with van der Waals surface area (Å²) in [6.45, 7) is 6.78. The van der Waals surface area contributed by atoms with Crippen LogP contribution in [0.1, 0.15) is 33.6 Å². The van der Waals surface area contributed by atoms with Crippen LogP contribution in [0.25, 0.3) is 0 Å². The average Bonchev–Trinajstić information content (AvgIpc) is 2.71. The number of nitrogens with zero attached hydrogens (tertiary/aromatic N) is 1. The molecular weight excluding hydrogens is 192 g/mol. The van der Waals surface area contributed by atoms with Gasteiger partial charge in [-0.1, -0.05) is 39.0 Å². The Morgan fingerprint density at radius 1 is 1.57 bits per heavy atom. The van der Waals surface area contributed by atoms with Crippen LogP contribution in [-0.4, -0.2) is 23.0 Å². The topological polar surface area (TPSA) is 24.4 Å². The van der Waals surface area contributed by atoms with Gasteiger partial charge in [0.1, 0.15) is 0 Å². The molecule has 3 heteroatoms. The van der Waals surface area contributed by atoms with Crippen molar-refractivity contribution in [1.29, 1.82) is 0 Å². The smallest absolute Gasteiger partial charge is 0.157 e. The van der Waals surface area contributed by atoms with Gasteiger partial charge in [0.15, 0.2) is 5.17 Å². The third-order valence-corrected chi connectivity index (χ3v) is 4.20. The molecule has 1 heterocycles. The van der Waals surface area contributed by atoms with Crippen molar-refractivity contribution in [2.45, 2.75) is 45.7 Å². The summed E-state index contributed by atoms with van der Waals surface area (Å²) in [7, 11) is 0. The molecule has 2 aliphatic rings. The molecule has 3 atom stereocenters. The first kappa shape index (κ1) is 10.3. The maximum absolute atomic E-state index is 4.70. The molecule has 1 aliphatic heterocycles. The summed E-state index contributed by atoms with van der Waals surface area (Å²) in [5.74, 6) is 2.77. The van der Waals surface area contributed by atoms with Crippen LogP contribution in [0.2, 0.25) is 0 Å². The fourth-order valence-corrected chi connectivity index (χ4v) is 3.08. The van der Waals surface area contributed by atoms with Crippen molar-refractivity contribution >= 4 is 16.9 Å². The Morgan fingerprint density at radius 2 is 2.36 bits per heavy atom. The van der Waals surface area contributed by atoms with Crippen molar-refractivity contribution in [3.8, 4) is 0 Å². The van der Waals surface area contributed by atoms with Crippen LogP contribution in [0.15, 0.2) is 4.99 Å². The molecule has 1 fully saturated rings. The van der Waals surface area contributed by atoms with Crippen molar-refractivity contribution in [2.75, 3.05) is 5.75 Å². The van der Waals surface area contributed by atoms with Crippen molar-refractivity contribution in [1.82, 2.24) is 5.32 Å². The molecule has 0 amide bonds. The van der Waals surface area contributed by atoms with E-state index in [9.17, 15) is 0 Å². The Bertz CT molecular complexity index is 237. The Hall–Kier alpha value is -0.180. The Morgan fingerprint density at radius 3 is 2.86 bits per heavy atom. The lowest BCUT2D eigenvalue weighted by Crippen LogP contribution is -2.23. The van der Waals surface area contributed by atoms with Gasteiger partial charge in [0.05, 0.1) is 6.04 Å². The Kier molecular flexibility index (Phi) is 3.05. The largest absolute Gasteiger partial charge is 0.362 e. The zero-order valence-corrected chi connectivity index (χ0v) is 10.1. The zero-order valence-electron chi connectivity index (χ0n) is 9.29. The lowest BCUT2D eigenvalue weighted by molar-refractivity contribution is 0.542. The molecule has 14 heavy (non-hydrogen) atoms. The molecule has 0 aromatic carbocycles. The number of aliphatic imine (C=N–C) groups is 1. The monoisotopic (exact) mass is 212 g/mol. The van der Waals surface area contributed by atoms with E-state index in [1.165, 1.54) is 23.8 Å². The SMILES string of the molecule is CCC1CC1NC1=NC(C(C)C)CS1. The number of hydrogen-bond acceptors (Lipinski definition) is 3. The van der Waals surface area contributed by atoms with E-state index < -0.39 is 0 Å². The highest BCUT2D eigenvalue weighted by Gasteiger charge is 2.36. The van der Waals surface area contributed by atoms with Gasteiger partial charge in [0.2, 0.25) is 0 Å². The van der Waals surface area contributed by atoms with E-state index in [-0.39, 0.29) is 0 Å². The highest BCUT2D eigenvalue weighted by Crippen LogP contribution is 2.34. The maximum Gasteiger partial charge on any atom is 0.157 e. The van der Waals surface area contributed by atoms with E-state index in [2.05, 4.69) is 26.1 Å². The van der Waals surface area contributed by atoms with E-state index in [0.717, 1.165) is 12.0 Å². The molecule has 0 aromatic rings. The normalized spacial score (nSPS) is 36.0. The fraction of sp³-hybridized carbons (Fsp3) is 0.909. The number of rotatable bonds is 3. The summed E-state index contributed by atoms with van der Waals surface area (Å²) in [5, 5.41) is 4.75. The van der Waals surface area contributed by atoms with E-state index in [1.807, 2.05) is 11.8 Å². The summed E-state index contributed by atoms with van der Waals surface area (Å²) < 4.78 is 0. The third-order valence-electron chi connectivity index (χ3n) is 3.20. The molecule has 3 unspecified atom stereocenters. The zero-order chi connectivity index (χ0) is 10.1. The van der Waals surface area contributed by atoms with Gasteiger partial charge < -0.3 is 5.32 Å². The summed E-state index contributed by atoms with van der Waals surface area (Å²) in [6, 6.07) is 1.28. The lowest BCUT2D eigenvalue weighted by Gasteiger charge is -2.08. The van der Waals surface area contributed by atoms with Crippen molar-refractivity contribution < 1.29 is 0 Å². The summed E-state index contributed by atoms with van der Waals surface area (Å²) in [4.78, 5) is 4.70. The van der Waals surface area contributed by atoms with E-state index >= 15 is 0 Å². The number of hydrogen-bond donors (Lipinski definition) is 1. The van der Waals surface area contributed by atoms with Gasteiger partial charge in [-0.3, -0.25) is 4.99 Å².